The smallest absolute Gasteiger partial charge is 0.350 e. The lowest BCUT2D eigenvalue weighted by Gasteiger charge is -2.13. The van der Waals surface area contributed by atoms with Gasteiger partial charge in [-0.15, -0.1) is 11.3 Å². The fourth-order valence-electron chi connectivity index (χ4n) is 2.72. The van der Waals surface area contributed by atoms with Gasteiger partial charge in [0, 0.05) is 15.8 Å². The number of hydrogen-bond acceptors (Lipinski definition) is 4. The van der Waals surface area contributed by atoms with Crippen molar-refractivity contribution in [2.45, 2.75) is 20.3 Å². The molecule has 0 atom stereocenters. The maximum Gasteiger partial charge on any atom is 0.350 e. The molecule has 6 heteroatoms. The first-order valence-electron chi connectivity index (χ1n) is 8.23. The molecule has 1 amide bonds. The predicted molar refractivity (Wildman–Crippen MR) is 106 cm³/mol. The van der Waals surface area contributed by atoms with Crippen LogP contribution >= 0.6 is 22.9 Å². The van der Waals surface area contributed by atoms with Gasteiger partial charge >= 0.3 is 5.97 Å². The van der Waals surface area contributed by atoms with Crippen molar-refractivity contribution in [1.82, 2.24) is 0 Å². The van der Waals surface area contributed by atoms with Crippen LogP contribution in [0.2, 0.25) is 5.02 Å². The number of carbonyl (C=O) groups is 2. The van der Waals surface area contributed by atoms with Crippen LogP contribution in [0.15, 0.2) is 42.5 Å². The van der Waals surface area contributed by atoms with E-state index in [0.717, 1.165) is 33.3 Å². The molecule has 0 fully saturated rings. The van der Waals surface area contributed by atoms with Crippen molar-refractivity contribution in [3.05, 3.63) is 63.5 Å². The number of benzene rings is 2. The molecule has 0 radical (unpaired) electrons. The third kappa shape index (κ3) is 3.74. The Balaban J connectivity index is 1.68. The van der Waals surface area contributed by atoms with Crippen LogP contribution in [0.4, 0.5) is 5.69 Å². The van der Waals surface area contributed by atoms with Crippen LogP contribution in [-0.2, 0) is 16.0 Å². The first-order chi connectivity index (χ1) is 12.5. The lowest BCUT2D eigenvalue weighted by Crippen LogP contribution is -2.21. The molecule has 2 aromatic carbocycles. The second-order valence-corrected chi connectivity index (χ2v) is 7.26. The average molecular weight is 388 g/mol. The Labute approximate surface area is 160 Å². The molecule has 3 aromatic rings. The Hall–Kier alpha value is -2.37. The van der Waals surface area contributed by atoms with Crippen LogP contribution in [0, 0.1) is 6.92 Å². The van der Waals surface area contributed by atoms with E-state index in [9.17, 15) is 9.59 Å². The van der Waals surface area contributed by atoms with Crippen LogP contribution < -0.4 is 5.32 Å². The van der Waals surface area contributed by atoms with E-state index in [1.165, 1.54) is 11.3 Å². The van der Waals surface area contributed by atoms with E-state index in [4.69, 9.17) is 16.3 Å². The summed E-state index contributed by atoms with van der Waals surface area (Å²) in [6.45, 7) is 3.59. The standard InChI is InChI=1S/C20H18ClNO3S/c1-3-13-8-6-7-12(2)18(13)22-16(23)11-25-20(24)19-17(21)14-9-4-5-10-15(14)26-19/h4-10H,3,11H2,1-2H3,(H,22,23). The molecule has 0 saturated carbocycles. The highest BCUT2D eigenvalue weighted by Crippen LogP contribution is 2.35. The van der Waals surface area contributed by atoms with Gasteiger partial charge in [0.2, 0.25) is 0 Å². The summed E-state index contributed by atoms with van der Waals surface area (Å²) in [6.07, 6.45) is 0.800. The van der Waals surface area contributed by atoms with Crippen molar-refractivity contribution in [3.63, 3.8) is 0 Å². The summed E-state index contributed by atoms with van der Waals surface area (Å²) in [5.41, 5.74) is 2.78. The van der Waals surface area contributed by atoms with Gasteiger partial charge in [0.1, 0.15) is 4.88 Å². The molecule has 1 aromatic heterocycles. The maximum atomic E-state index is 12.3. The number of hydrogen-bond donors (Lipinski definition) is 1. The van der Waals surface area contributed by atoms with E-state index in [1.54, 1.807) is 0 Å². The maximum absolute atomic E-state index is 12.3. The summed E-state index contributed by atoms with van der Waals surface area (Å²) in [5.74, 6) is -0.966. The summed E-state index contributed by atoms with van der Waals surface area (Å²) in [5, 5.41) is 4.00. The number of nitrogens with one attached hydrogen (secondary N) is 1. The number of ether oxygens (including phenoxy) is 1. The van der Waals surface area contributed by atoms with Gasteiger partial charge in [-0.25, -0.2) is 4.79 Å². The lowest BCUT2D eigenvalue weighted by molar-refractivity contribution is -0.119. The molecule has 0 aliphatic carbocycles. The normalized spacial score (nSPS) is 10.7. The van der Waals surface area contributed by atoms with E-state index in [-0.39, 0.29) is 12.5 Å². The summed E-state index contributed by atoms with van der Waals surface area (Å²) in [4.78, 5) is 24.8. The highest BCUT2D eigenvalue weighted by atomic mass is 35.5. The van der Waals surface area contributed by atoms with Crippen molar-refractivity contribution >= 4 is 50.6 Å². The zero-order chi connectivity index (χ0) is 18.7. The van der Waals surface area contributed by atoms with Gasteiger partial charge < -0.3 is 10.1 Å². The van der Waals surface area contributed by atoms with Gasteiger partial charge in [-0.2, -0.15) is 0 Å². The van der Waals surface area contributed by atoms with Crippen molar-refractivity contribution in [2.24, 2.45) is 0 Å². The average Bonchev–Trinajstić information content (AvgIpc) is 2.98. The Morgan fingerprint density at radius 1 is 1.15 bits per heavy atom. The Bertz CT molecular complexity index is 980. The lowest BCUT2D eigenvalue weighted by atomic mass is 10.1. The number of fused-ring (bicyclic) bond motifs is 1. The fourth-order valence-corrected chi connectivity index (χ4v) is 4.12. The van der Waals surface area contributed by atoms with Crippen LogP contribution in [-0.4, -0.2) is 18.5 Å². The van der Waals surface area contributed by atoms with Gasteiger partial charge in [-0.1, -0.05) is 54.9 Å². The molecule has 0 unspecified atom stereocenters. The van der Waals surface area contributed by atoms with Crippen molar-refractivity contribution in [1.29, 1.82) is 0 Å². The molecular formula is C20H18ClNO3S. The molecule has 0 aliphatic heterocycles. The molecule has 134 valence electrons. The van der Waals surface area contributed by atoms with E-state index in [2.05, 4.69) is 5.32 Å². The number of esters is 1. The second kappa shape index (κ2) is 7.89. The predicted octanol–water partition coefficient (Wildman–Crippen LogP) is 5.22. The molecule has 0 aliphatic rings. The zero-order valence-electron chi connectivity index (χ0n) is 14.5. The highest BCUT2D eigenvalue weighted by Gasteiger charge is 2.19. The van der Waals surface area contributed by atoms with Crippen molar-refractivity contribution in [2.75, 3.05) is 11.9 Å². The number of halogens is 1. The first-order valence-corrected chi connectivity index (χ1v) is 9.43. The minimum Gasteiger partial charge on any atom is -0.451 e. The van der Waals surface area contributed by atoms with Crippen molar-refractivity contribution in [3.8, 4) is 0 Å². The van der Waals surface area contributed by atoms with Crippen LogP contribution in [0.5, 0.6) is 0 Å². The number of para-hydroxylation sites is 1. The highest BCUT2D eigenvalue weighted by molar-refractivity contribution is 7.21. The molecule has 1 heterocycles. The number of aryl methyl sites for hydroxylation is 2. The largest absolute Gasteiger partial charge is 0.451 e. The van der Waals surface area contributed by atoms with Gasteiger partial charge in [0.15, 0.2) is 6.61 Å². The van der Waals surface area contributed by atoms with Crippen molar-refractivity contribution < 1.29 is 14.3 Å². The molecular weight excluding hydrogens is 370 g/mol. The zero-order valence-corrected chi connectivity index (χ0v) is 16.0. The third-order valence-electron chi connectivity index (χ3n) is 4.06. The van der Waals surface area contributed by atoms with Crippen LogP contribution in [0.3, 0.4) is 0 Å². The quantitative estimate of drug-likeness (QED) is 0.610. The van der Waals surface area contributed by atoms with Crippen LogP contribution in [0.25, 0.3) is 10.1 Å². The molecule has 26 heavy (non-hydrogen) atoms. The molecule has 1 N–H and O–H groups in total. The van der Waals surface area contributed by atoms with E-state index < -0.39 is 5.97 Å². The minimum absolute atomic E-state index is 0.311. The summed E-state index contributed by atoms with van der Waals surface area (Å²) >= 11 is 7.52. The van der Waals surface area contributed by atoms with Crippen LogP contribution in [0.1, 0.15) is 27.7 Å². The summed E-state index contributed by atoms with van der Waals surface area (Å²) in [7, 11) is 0. The fraction of sp³-hybridized carbons (Fsp3) is 0.200. The number of amides is 1. The van der Waals surface area contributed by atoms with E-state index >= 15 is 0 Å². The summed E-state index contributed by atoms with van der Waals surface area (Å²) in [6, 6.07) is 13.3. The SMILES string of the molecule is CCc1cccc(C)c1NC(=O)COC(=O)c1sc2ccccc2c1Cl. The number of carbonyl (C=O) groups excluding carboxylic acids is 2. The Morgan fingerprint density at radius 2 is 1.92 bits per heavy atom. The molecule has 3 rings (SSSR count). The van der Waals surface area contributed by atoms with Gasteiger partial charge in [-0.05, 0) is 30.5 Å². The topological polar surface area (TPSA) is 55.4 Å². The van der Waals surface area contributed by atoms with Gasteiger partial charge in [0.05, 0.1) is 5.02 Å². The number of rotatable bonds is 5. The van der Waals surface area contributed by atoms with E-state index in [0.29, 0.717) is 9.90 Å². The second-order valence-electron chi connectivity index (χ2n) is 5.83. The first kappa shape index (κ1) is 18.4. The molecule has 4 nitrogen and oxygen atoms in total. The molecule has 0 bridgehead atoms. The third-order valence-corrected chi connectivity index (χ3v) is 5.71. The van der Waals surface area contributed by atoms with E-state index in [1.807, 2.05) is 56.3 Å². The number of anilines is 1. The Morgan fingerprint density at radius 3 is 2.65 bits per heavy atom. The summed E-state index contributed by atoms with van der Waals surface area (Å²) < 4.78 is 6.06. The number of thiophene rings is 1. The van der Waals surface area contributed by atoms with Gasteiger partial charge in [0.25, 0.3) is 5.91 Å². The molecule has 0 spiro atoms. The molecule has 0 saturated heterocycles. The van der Waals surface area contributed by atoms with Gasteiger partial charge in [-0.3, -0.25) is 4.79 Å². The Kier molecular flexibility index (Phi) is 5.59. The minimum atomic E-state index is -0.591. The monoisotopic (exact) mass is 387 g/mol.